The minimum Gasteiger partial charge on any atom is -0.296 e. The number of para-hydroxylation sites is 1. The first-order valence-electron chi connectivity index (χ1n) is 6.98. The van der Waals surface area contributed by atoms with Gasteiger partial charge in [0.2, 0.25) is 0 Å². The fraction of sp³-hybridized carbons (Fsp3) is 0.250. The van der Waals surface area contributed by atoms with Crippen LogP contribution in [0.5, 0.6) is 0 Å². The molecule has 0 bridgehead atoms. The maximum absolute atomic E-state index is 12.5. The number of Topliss-reactive ketones (excluding diaryl/α,β-unsaturated/α-hetero) is 1. The lowest BCUT2D eigenvalue weighted by molar-refractivity contribution is -0.120. The van der Waals surface area contributed by atoms with E-state index in [-0.39, 0.29) is 12.3 Å². The molecule has 0 saturated carbocycles. The van der Waals surface area contributed by atoms with Crippen molar-refractivity contribution in [3.63, 3.8) is 0 Å². The molecule has 0 fully saturated rings. The Balaban J connectivity index is 1.89. The van der Waals surface area contributed by atoms with Crippen LogP contribution in [-0.4, -0.2) is 20.5 Å². The molecule has 3 aromatic rings. The highest BCUT2D eigenvalue weighted by Crippen LogP contribution is 2.28. The summed E-state index contributed by atoms with van der Waals surface area (Å²) in [5.74, 6) is -1.14. The van der Waals surface area contributed by atoms with Crippen molar-refractivity contribution in [2.24, 2.45) is 0 Å². The highest BCUT2D eigenvalue weighted by Gasteiger charge is 2.25. The second-order valence-corrected chi connectivity index (χ2v) is 6.63. The number of hydrogen-bond donors (Lipinski definition) is 0. The number of nitrogens with zero attached hydrogens (tertiary/aromatic N) is 4. The van der Waals surface area contributed by atoms with Gasteiger partial charge in [-0.25, -0.2) is 4.98 Å². The van der Waals surface area contributed by atoms with E-state index in [1.807, 2.05) is 24.3 Å². The fourth-order valence-corrected chi connectivity index (χ4v) is 3.52. The first-order chi connectivity index (χ1) is 11.0. The summed E-state index contributed by atoms with van der Waals surface area (Å²) in [6.07, 6.45) is 0. The van der Waals surface area contributed by atoms with Gasteiger partial charge in [-0.05, 0) is 26.0 Å². The summed E-state index contributed by atoms with van der Waals surface area (Å²) in [4.78, 5) is 16.9. The zero-order chi connectivity index (χ0) is 16.6. The van der Waals surface area contributed by atoms with Crippen LogP contribution in [0.1, 0.15) is 22.3 Å². The molecule has 0 saturated heterocycles. The van der Waals surface area contributed by atoms with Crippen molar-refractivity contribution in [2.45, 2.75) is 26.3 Å². The van der Waals surface area contributed by atoms with E-state index in [0.717, 1.165) is 15.9 Å². The largest absolute Gasteiger partial charge is 0.296 e. The van der Waals surface area contributed by atoms with E-state index in [1.54, 1.807) is 13.8 Å². The number of thiazole rings is 1. The number of fused-ring (bicyclic) bond motifs is 1. The summed E-state index contributed by atoms with van der Waals surface area (Å²) in [6.45, 7) is 3.59. The SMILES string of the molecule is Cc1nn(CC(=O)[C@@H](C#N)c2nc3ccccc3s2)c(C)c1Cl. The van der Waals surface area contributed by atoms with Crippen LogP contribution >= 0.6 is 22.9 Å². The Morgan fingerprint density at radius 2 is 2.17 bits per heavy atom. The predicted octanol–water partition coefficient (Wildman–Crippen LogP) is 3.64. The summed E-state index contributed by atoms with van der Waals surface area (Å²) < 4.78 is 2.50. The standard InChI is InChI=1S/C16H13ClN4OS/c1-9-15(17)10(2)21(20-9)8-13(22)11(7-18)16-19-12-5-3-4-6-14(12)23-16/h3-6,11H,8H2,1-2H3/t11-/m1/s1. The lowest BCUT2D eigenvalue weighted by Gasteiger charge is -2.06. The second kappa shape index (κ2) is 6.11. The first kappa shape index (κ1) is 15.7. The number of halogens is 1. The van der Waals surface area contributed by atoms with Crippen molar-refractivity contribution in [1.82, 2.24) is 14.8 Å². The zero-order valence-electron chi connectivity index (χ0n) is 12.6. The number of ketones is 1. The first-order valence-corrected chi connectivity index (χ1v) is 8.18. The monoisotopic (exact) mass is 344 g/mol. The lowest BCUT2D eigenvalue weighted by Crippen LogP contribution is -2.19. The molecule has 2 aromatic heterocycles. The van der Waals surface area contributed by atoms with Crippen LogP contribution in [0.15, 0.2) is 24.3 Å². The van der Waals surface area contributed by atoms with Gasteiger partial charge in [-0.1, -0.05) is 23.7 Å². The Morgan fingerprint density at radius 3 is 2.78 bits per heavy atom. The number of rotatable bonds is 4. The number of carbonyl (C=O) groups excluding carboxylic acids is 1. The van der Waals surface area contributed by atoms with Crippen LogP contribution in [0.2, 0.25) is 5.02 Å². The summed E-state index contributed by atoms with van der Waals surface area (Å²) >= 11 is 7.47. The van der Waals surface area contributed by atoms with Gasteiger partial charge in [-0.15, -0.1) is 11.3 Å². The van der Waals surface area contributed by atoms with Crippen LogP contribution in [0, 0.1) is 25.2 Å². The molecule has 1 atom stereocenters. The third kappa shape index (κ3) is 2.85. The molecule has 0 aliphatic carbocycles. The number of hydrogen-bond acceptors (Lipinski definition) is 5. The molecule has 116 valence electrons. The van der Waals surface area contributed by atoms with E-state index in [1.165, 1.54) is 16.0 Å². The van der Waals surface area contributed by atoms with E-state index in [9.17, 15) is 10.1 Å². The molecule has 23 heavy (non-hydrogen) atoms. The minimum atomic E-state index is -0.893. The van der Waals surface area contributed by atoms with Crippen molar-refractivity contribution < 1.29 is 4.79 Å². The molecule has 0 aliphatic heterocycles. The Labute approximate surface area is 142 Å². The molecular formula is C16H13ClN4OS. The van der Waals surface area contributed by atoms with E-state index >= 15 is 0 Å². The molecule has 0 spiro atoms. The van der Waals surface area contributed by atoms with Crippen molar-refractivity contribution in [3.8, 4) is 6.07 Å². The van der Waals surface area contributed by atoms with Gasteiger partial charge in [0.15, 0.2) is 11.7 Å². The third-order valence-corrected chi connectivity index (χ3v) is 5.26. The quantitative estimate of drug-likeness (QED) is 0.724. The molecule has 0 unspecified atom stereocenters. The van der Waals surface area contributed by atoms with Crippen LogP contribution in [0.25, 0.3) is 10.2 Å². The Kier molecular flexibility index (Phi) is 4.16. The van der Waals surface area contributed by atoms with E-state index in [0.29, 0.717) is 15.7 Å². The summed E-state index contributed by atoms with van der Waals surface area (Å²) in [5, 5.41) is 14.7. The normalized spacial score (nSPS) is 12.3. The second-order valence-electron chi connectivity index (χ2n) is 5.19. The maximum Gasteiger partial charge on any atom is 0.178 e. The third-order valence-electron chi connectivity index (χ3n) is 3.61. The van der Waals surface area contributed by atoms with Gasteiger partial charge in [0.1, 0.15) is 11.6 Å². The topological polar surface area (TPSA) is 71.6 Å². The molecule has 0 radical (unpaired) electrons. The molecular weight excluding hydrogens is 332 g/mol. The molecule has 0 amide bonds. The van der Waals surface area contributed by atoms with Crippen LogP contribution in [0.4, 0.5) is 0 Å². The zero-order valence-corrected chi connectivity index (χ0v) is 14.1. The van der Waals surface area contributed by atoms with Crippen molar-refractivity contribution in [2.75, 3.05) is 0 Å². The summed E-state index contributed by atoms with van der Waals surface area (Å²) in [5.41, 5.74) is 2.19. The molecule has 3 rings (SSSR count). The Morgan fingerprint density at radius 1 is 1.43 bits per heavy atom. The minimum absolute atomic E-state index is 0.00749. The van der Waals surface area contributed by atoms with Crippen molar-refractivity contribution >= 4 is 38.9 Å². The number of nitriles is 1. The van der Waals surface area contributed by atoms with Gasteiger partial charge >= 0.3 is 0 Å². The van der Waals surface area contributed by atoms with E-state index < -0.39 is 5.92 Å². The van der Waals surface area contributed by atoms with Gasteiger partial charge in [0.25, 0.3) is 0 Å². The average molecular weight is 345 g/mol. The molecule has 1 aromatic carbocycles. The van der Waals surface area contributed by atoms with Gasteiger partial charge in [0, 0.05) is 0 Å². The lowest BCUT2D eigenvalue weighted by atomic mass is 10.1. The predicted molar refractivity (Wildman–Crippen MR) is 89.7 cm³/mol. The summed E-state index contributed by atoms with van der Waals surface area (Å²) in [6, 6.07) is 9.65. The average Bonchev–Trinajstić information content (AvgIpc) is 3.05. The summed E-state index contributed by atoms with van der Waals surface area (Å²) in [7, 11) is 0. The van der Waals surface area contributed by atoms with Crippen LogP contribution < -0.4 is 0 Å². The molecule has 0 aliphatic rings. The van der Waals surface area contributed by atoms with Crippen LogP contribution in [0.3, 0.4) is 0 Å². The van der Waals surface area contributed by atoms with Gasteiger partial charge in [0.05, 0.1) is 32.7 Å². The molecule has 5 nitrogen and oxygen atoms in total. The Bertz CT molecular complexity index is 904. The smallest absolute Gasteiger partial charge is 0.178 e. The van der Waals surface area contributed by atoms with Gasteiger partial charge in [-0.3, -0.25) is 9.48 Å². The van der Waals surface area contributed by atoms with Crippen LogP contribution in [-0.2, 0) is 11.3 Å². The van der Waals surface area contributed by atoms with Gasteiger partial charge < -0.3 is 0 Å². The number of aromatic nitrogens is 3. The van der Waals surface area contributed by atoms with E-state index in [4.69, 9.17) is 11.6 Å². The molecule has 7 heteroatoms. The number of benzene rings is 1. The maximum atomic E-state index is 12.5. The molecule has 2 heterocycles. The van der Waals surface area contributed by atoms with Crippen molar-refractivity contribution in [3.05, 3.63) is 45.7 Å². The highest BCUT2D eigenvalue weighted by atomic mass is 35.5. The van der Waals surface area contributed by atoms with Gasteiger partial charge in [-0.2, -0.15) is 10.4 Å². The number of carbonyl (C=O) groups is 1. The highest BCUT2D eigenvalue weighted by molar-refractivity contribution is 7.18. The Hall–Kier alpha value is -2.23. The number of aryl methyl sites for hydroxylation is 1. The van der Waals surface area contributed by atoms with E-state index in [2.05, 4.69) is 16.2 Å². The van der Waals surface area contributed by atoms with Crippen molar-refractivity contribution in [1.29, 1.82) is 5.26 Å². The molecule has 0 N–H and O–H groups in total. The fourth-order valence-electron chi connectivity index (χ4n) is 2.35.